The van der Waals surface area contributed by atoms with Crippen LogP contribution in [0.4, 0.5) is 4.39 Å². The summed E-state index contributed by atoms with van der Waals surface area (Å²) in [4.78, 5) is 1.14. The number of halogens is 1. The van der Waals surface area contributed by atoms with Gasteiger partial charge in [-0.3, -0.25) is 0 Å². The summed E-state index contributed by atoms with van der Waals surface area (Å²) >= 11 is 1.58. The molecule has 0 fully saturated rings. The molecule has 2 rings (SSSR count). The monoisotopic (exact) mass is 210 g/mol. The van der Waals surface area contributed by atoms with Gasteiger partial charge in [-0.1, -0.05) is 11.8 Å². The highest BCUT2D eigenvalue weighted by molar-refractivity contribution is 8.04. The summed E-state index contributed by atoms with van der Waals surface area (Å²) in [5.74, 6) is -0.220. The molecule has 1 aromatic carbocycles. The summed E-state index contributed by atoms with van der Waals surface area (Å²) in [6.45, 7) is 2.00. The summed E-state index contributed by atoms with van der Waals surface area (Å²) in [7, 11) is 0. The molecule has 0 saturated carbocycles. The van der Waals surface area contributed by atoms with E-state index in [4.69, 9.17) is 5.73 Å². The topological polar surface area (TPSA) is 38.0 Å². The molecule has 0 amide bonds. The lowest BCUT2D eigenvalue weighted by molar-refractivity contribution is 0.627. The molecular formula is C10H11FN2S. The fourth-order valence-electron chi connectivity index (χ4n) is 1.43. The van der Waals surface area contributed by atoms with Crippen LogP contribution in [0.2, 0.25) is 0 Å². The Kier molecular flexibility index (Phi) is 2.48. The number of allylic oxidation sites excluding steroid dienone is 1. The van der Waals surface area contributed by atoms with E-state index in [0.29, 0.717) is 0 Å². The van der Waals surface area contributed by atoms with E-state index in [1.807, 2.05) is 6.92 Å². The van der Waals surface area contributed by atoms with Gasteiger partial charge in [-0.2, -0.15) is 0 Å². The molecule has 0 radical (unpaired) electrons. The number of rotatable bonds is 1. The lowest BCUT2D eigenvalue weighted by Gasteiger charge is -2.07. The van der Waals surface area contributed by atoms with Crippen molar-refractivity contribution in [1.82, 2.24) is 5.32 Å². The minimum absolute atomic E-state index is 0.0879. The normalized spacial score (nSPS) is 21.2. The smallest absolute Gasteiger partial charge is 0.127 e. The van der Waals surface area contributed by atoms with Crippen LogP contribution in [-0.4, -0.2) is 5.50 Å². The van der Waals surface area contributed by atoms with E-state index in [2.05, 4.69) is 5.32 Å². The molecule has 14 heavy (non-hydrogen) atoms. The van der Waals surface area contributed by atoms with Crippen molar-refractivity contribution in [2.24, 2.45) is 5.73 Å². The van der Waals surface area contributed by atoms with E-state index < -0.39 is 0 Å². The Morgan fingerprint density at radius 1 is 1.36 bits per heavy atom. The van der Waals surface area contributed by atoms with Crippen LogP contribution in [-0.2, 0) is 0 Å². The first kappa shape index (κ1) is 9.55. The number of benzene rings is 1. The van der Waals surface area contributed by atoms with Gasteiger partial charge < -0.3 is 11.1 Å². The van der Waals surface area contributed by atoms with Crippen molar-refractivity contribution in [3.63, 3.8) is 0 Å². The van der Waals surface area contributed by atoms with Gasteiger partial charge in [0.2, 0.25) is 0 Å². The highest BCUT2D eigenvalue weighted by Gasteiger charge is 2.18. The maximum atomic E-state index is 12.7. The lowest BCUT2D eigenvalue weighted by atomic mass is 10.1. The molecule has 2 nitrogen and oxygen atoms in total. The highest BCUT2D eigenvalue weighted by atomic mass is 32.2. The van der Waals surface area contributed by atoms with Gasteiger partial charge in [-0.05, 0) is 36.8 Å². The summed E-state index contributed by atoms with van der Waals surface area (Å²) in [6.07, 6.45) is 0. The van der Waals surface area contributed by atoms with Crippen molar-refractivity contribution >= 4 is 17.5 Å². The van der Waals surface area contributed by atoms with Crippen LogP contribution >= 0.6 is 11.8 Å². The third-order valence-corrected chi connectivity index (χ3v) is 3.00. The fourth-order valence-corrected chi connectivity index (χ4v) is 2.28. The molecule has 3 N–H and O–H groups in total. The molecule has 74 valence electrons. The SMILES string of the molecule is CC1=C(c2ccc(F)cc2)NC(N)S1. The summed E-state index contributed by atoms with van der Waals surface area (Å²) in [5, 5.41) is 3.14. The molecular weight excluding hydrogens is 199 g/mol. The van der Waals surface area contributed by atoms with Crippen LogP contribution in [0, 0.1) is 5.82 Å². The van der Waals surface area contributed by atoms with Crippen molar-refractivity contribution in [1.29, 1.82) is 0 Å². The predicted octanol–water partition coefficient (Wildman–Crippen LogP) is 2.09. The Labute approximate surface area is 86.4 Å². The second-order valence-corrected chi connectivity index (χ2v) is 4.48. The van der Waals surface area contributed by atoms with Gasteiger partial charge in [-0.25, -0.2) is 4.39 Å². The molecule has 0 saturated heterocycles. The second kappa shape index (κ2) is 3.63. The Hall–Kier alpha value is -1.00. The van der Waals surface area contributed by atoms with Crippen molar-refractivity contribution in [2.75, 3.05) is 0 Å². The molecule has 1 unspecified atom stereocenters. The first-order chi connectivity index (χ1) is 6.66. The zero-order valence-corrected chi connectivity index (χ0v) is 8.57. The molecule has 0 spiro atoms. The van der Waals surface area contributed by atoms with Gasteiger partial charge in [0.25, 0.3) is 0 Å². The number of nitrogens with one attached hydrogen (secondary N) is 1. The van der Waals surface area contributed by atoms with Crippen molar-refractivity contribution in [2.45, 2.75) is 12.4 Å². The van der Waals surface area contributed by atoms with Gasteiger partial charge in [0.05, 0.1) is 5.70 Å². The van der Waals surface area contributed by atoms with Crippen LogP contribution in [0.25, 0.3) is 5.70 Å². The second-order valence-electron chi connectivity index (χ2n) is 3.12. The van der Waals surface area contributed by atoms with Crippen LogP contribution in [0.15, 0.2) is 29.2 Å². The zero-order valence-electron chi connectivity index (χ0n) is 7.75. The van der Waals surface area contributed by atoms with E-state index in [9.17, 15) is 4.39 Å². The summed E-state index contributed by atoms with van der Waals surface area (Å²) in [5.41, 5.74) is 7.61. The number of hydrogen-bond acceptors (Lipinski definition) is 3. The van der Waals surface area contributed by atoms with E-state index in [1.165, 1.54) is 12.1 Å². The molecule has 1 aliphatic heterocycles. The van der Waals surface area contributed by atoms with E-state index in [-0.39, 0.29) is 11.3 Å². The maximum absolute atomic E-state index is 12.7. The van der Waals surface area contributed by atoms with Gasteiger partial charge in [0, 0.05) is 4.91 Å². The molecule has 0 aromatic heterocycles. The number of thioether (sulfide) groups is 1. The Balaban J connectivity index is 2.32. The number of hydrogen-bond donors (Lipinski definition) is 2. The minimum Gasteiger partial charge on any atom is -0.360 e. The van der Waals surface area contributed by atoms with Gasteiger partial charge in [0.1, 0.15) is 11.3 Å². The third kappa shape index (κ3) is 1.76. The molecule has 4 heteroatoms. The first-order valence-electron chi connectivity index (χ1n) is 4.32. The van der Waals surface area contributed by atoms with Crippen molar-refractivity contribution in [3.05, 3.63) is 40.6 Å². The van der Waals surface area contributed by atoms with E-state index in [0.717, 1.165) is 16.2 Å². The Morgan fingerprint density at radius 3 is 2.50 bits per heavy atom. The largest absolute Gasteiger partial charge is 0.360 e. The van der Waals surface area contributed by atoms with Gasteiger partial charge in [0.15, 0.2) is 0 Å². The average Bonchev–Trinajstić information content (AvgIpc) is 2.47. The first-order valence-corrected chi connectivity index (χ1v) is 5.20. The fraction of sp³-hybridized carbons (Fsp3) is 0.200. The van der Waals surface area contributed by atoms with Crippen LogP contribution < -0.4 is 11.1 Å². The molecule has 1 aliphatic rings. The summed E-state index contributed by atoms with van der Waals surface area (Å²) in [6, 6.07) is 6.40. The lowest BCUT2D eigenvalue weighted by Crippen LogP contribution is -2.28. The average molecular weight is 210 g/mol. The quantitative estimate of drug-likeness (QED) is 0.745. The molecule has 1 atom stereocenters. The minimum atomic E-state index is -0.220. The standard InChI is InChI=1S/C10H11FN2S/c1-6-9(13-10(12)14-6)7-2-4-8(11)5-3-7/h2-5,10,13H,12H2,1H3. The molecule has 1 heterocycles. The predicted molar refractivity (Wildman–Crippen MR) is 57.7 cm³/mol. The van der Waals surface area contributed by atoms with Gasteiger partial charge in [-0.15, -0.1) is 0 Å². The Morgan fingerprint density at radius 2 is 2.00 bits per heavy atom. The Bertz CT molecular complexity index is 372. The highest BCUT2D eigenvalue weighted by Crippen LogP contribution is 2.32. The summed E-state index contributed by atoms with van der Waals surface area (Å²) < 4.78 is 12.7. The van der Waals surface area contributed by atoms with Crippen molar-refractivity contribution in [3.8, 4) is 0 Å². The number of nitrogens with two attached hydrogens (primary N) is 1. The molecule has 0 aliphatic carbocycles. The third-order valence-electron chi connectivity index (χ3n) is 2.08. The van der Waals surface area contributed by atoms with Crippen LogP contribution in [0.1, 0.15) is 12.5 Å². The molecule has 0 bridgehead atoms. The van der Waals surface area contributed by atoms with Crippen molar-refractivity contribution < 1.29 is 4.39 Å². The van der Waals surface area contributed by atoms with E-state index >= 15 is 0 Å². The van der Waals surface area contributed by atoms with E-state index in [1.54, 1.807) is 23.9 Å². The zero-order chi connectivity index (χ0) is 10.1. The van der Waals surface area contributed by atoms with Crippen LogP contribution in [0.3, 0.4) is 0 Å². The molecule has 1 aromatic rings. The van der Waals surface area contributed by atoms with Crippen LogP contribution in [0.5, 0.6) is 0 Å². The van der Waals surface area contributed by atoms with Gasteiger partial charge >= 0.3 is 0 Å². The maximum Gasteiger partial charge on any atom is 0.127 e.